The van der Waals surface area contributed by atoms with Gasteiger partial charge in [0.05, 0.1) is 34.9 Å². The summed E-state index contributed by atoms with van der Waals surface area (Å²) in [6, 6.07) is 4.40. The van der Waals surface area contributed by atoms with E-state index in [-0.39, 0.29) is 17.1 Å². The second kappa shape index (κ2) is 8.60. The van der Waals surface area contributed by atoms with Crippen LogP contribution in [0.15, 0.2) is 24.3 Å². The van der Waals surface area contributed by atoms with Gasteiger partial charge in [-0.05, 0) is 12.1 Å². The van der Waals surface area contributed by atoms with Crippen LogP contribution >= 0.6 is 23.7 Å². The molecule has 0 fully saturated rings. The van der Waals surface area contributed by atoms with Crippen LogP contribution in [0, 0.1) is 0 Å². The third-order valence-corrected chi connectivity index (χ3v) is 1.50. The molecule has 1 aromatic carbocycles. The molecule has 0 aliphatic rings. The van der Waals surface area contributed by atoms with Crippen LogP contribution in [0.4, 0.5) is 13.2 Å². The largest absolute Gasteiger partial charge is 0.417 e. The number of halogens is 5. The van der Waals surface area contributed by atoms with Crippen molar-refractivity contribution in [3.63, 3.8) is 0 Å². The minimum atomic E-state index is -4.54. The van der Waals surface area contributed by atoms with Crippen LogP contribution in [0.2, 0.25) is 0 Å². The maximum atomic E-state index is 12.2. The number of carbonyl (C=O) groups is 1. The van der Waals surface area contributed by atoms with E-state index in [1.165, 1.54) is 12.1 Å². The van der Waals surface area contributed by atoms with Crippen molar-refractivity contribution in [2.45, 2.75) is 6.18 Å². The van der Waals surface area contributed by atoms with E-state index >= 15 is 0 Å². The van der Waals surface area contributed by atoms with Crippen LogP contribution in [-0.2, 0) is 27.1 Å². The van der Waals surface area contributed by atoms with Gasteiger partial charge in [0, 0.05) is 17.1 Å². The molecule has 0 aliphatic heterocycles. The molecule has 1 amide bonds. The van der Waals surface area contributed by atoms with Gasteiger partial charge in [-0.15, -0.1) is 0 Å². The summed E-state index contributed by atoms with van der Waals surface area (Å²) < 4.78 is 39.8. The summed E-state index contributed by atoms with van der Waals surface area (Å²) in [5.74, 6) is -1.08. The fraction of sp³-hybridized carbons (Fsp3) is 0.125. The number of rotatable bonds is 1. The monoisotopic (exact) mass is 338 g/mol. The SMILES string of the molecule is ClOCl.NC(=O)c1ccccc1C(F)(F)F.[Cu]. The normalized spacial score (nSPS) is 9.71. The van der Waals surface area contributed by atoms with Gasteiger partial charge in [0.2, 0.25) is 5.91 Å². The van der Waals surface area contributed by atoms with E-state index in [0.717, 1.165) is 12.1 Å². The molecule has 2 N–H and O–H groups in total. The van der Waals surface area contributed by atoms with Gasteiger partial charge in [0.1, 0.15) is 0 Å². The Morgan fingerprint density at radius 1 is 1.24 bits per heavy atom. The van der Waals surface area contributed by atoms with Crippen LogP contribution in [-0.4, -0.2) is 5.91 Å². The van der Waals surface area contributed by atoms with E-state index in [0.29, 0.717) is 0 Å². The molecule has 0 saturated carbocycles. The Labute approximate surface area is 116 Å². The molecule has 1 aromatic rings. The Morgan fingerprint density at radius 2 is 1.65 bits per heavy atom. The summed E-state index contributed by atoms with van der Waals surface area (Å²) in [6.45, 7) is 0. The van der Waals surface area contributed by atoms with Crippen molar-refractivity contribution >= 4 is 29.6 Å². The van der Waals surface area contributed by atoms with E-state index in [2.05, 4.69) is 27.6 Å². The zero-order valence-corrected chi connectivity index (χ0v) is 10.3. The van der Waals surface area contributed by atoms with Crippen molar-refractivity contribution in [2.24, 2.45) is 5.73 Å². The Hall–Kier alpha value is -0.461. The van der Waals surface area contributed by atoms with E-state index < -0.39 is 23.2 Å². The van der Waals surface area contributed by atoms with Gasteiger partial charge in [0.15, 0.2) is 0 Å². The molecule has 9 heteroatoms. The maximum absolute atomic E-state index is 12.2. The molecule has 3 nitrogen and oxygen atoms in total. The molecule has 0 aliphatic carbocycles. The summed E-state index contributed by atoms with van der Waals surface area (Å²) >= 11 is 8.53. The molecule has 17 heavy (non-hydrogen) atoms. The number of carbonyl (C=O) groups excluding carboxylic acids is 1. The molecule has 0 heterocycles. The molecule has 0 spiro atoms. The van der Waals surface area contributed by atoms with Gasteiger partial charge in [-0.3, -0.25) is 4.79 Å². The number of hydrogen-bond acceptors (Lipinski definition) is 2. The number of amides is 1. The first-order valence-corrected chi connectivity index (χ1v) is 4.31. The Morgan fingerprint density at radius 3 is 1.94 bits per heavy atom. The molecule has 0 saturated heterocycles. The first-order valence-electron chi connectivity index (χ1n) is 3.70. The molecule has 0 unspecified atom stereocenters. The maximum Gasteiger partial charge on any atom is 0.417 e. The minimum Gasteiger partial charge on any atom is -0.366 e. The number of hydrogen-bond donors (Lipinski definition) is 1. The number of primary amides is 1. The standard InChI is InChI=1S/C8H6F3NO.Cl2O.Cu/c9-8(10,11)6-4-2-1-3-5(6)7(12)13;1-3-2;/h1-4H,(H2,12,13);;. The summed E-state index contributed by atoms with van der Waals surface area (Å²) in [5.41, 5.74) is 3.27. The van der Waals surface area contributed by atoms with Gasteiger partial charge in [0.25, 0.3) is 0 Å². The molecule has 101 valence electrons. The third kappa shape index (κ3) is 6.75. The Balaban J connectivity index is 0. The van der Waals surface area contributed by atoms with Crippen molar-refractivity contribution in [3.8, 4) is 0 Å². The van der Waals surface area contributed by atoms with Gasteiger partial charge < -0.3 is 5.73 Å². The summed E-state index contributed by atoms with van der Waals surface area (Å²) in [6.07, 6.45) is -4.54. The van der Waals surface area contributed by atoms with Crippen LogP contribution < -0.4 is 5.73 Å². The zero-order valence-electron chi connectivity index (χ0n) is 7.89. The predicted octanol–water partition coefficient (Wildman–Crippen LogP) is 3.11. The van der Waals surface area contributed by atoms with Gasteiger partial charge in [-0.2, -0.15) is 17.0 Å². The third-order valence-electron chi connectivity index (χ3n) is 1.50. The van der Waals surface area contributed by atoms with Crippen molar-refractivity contribution in [2.75, 3.05) is 0 Å². The van der Waals surface area contributed by atoms with Crippen LogP contribution in [0.5, 0.6) is 0 Å². The molecule has 0 aromatic heterocycles. The molecule has 0 atom stereocenters. The van der Waals surface area contributed by atoms with Crippen LogP contribution in [0.1, 0.15) is 15.9 Å². The van der Waals surface area contributed by atoms with Crippen molar-refractivity contribution in [1.29, 1.82) is 0 Å². The number of nitrogens with two attached hydrogens (primary N) is 1. The minimum absolute atomic E-state index is 0. The molecule has 0 bridgehead atoms. The van der Waals surface area contributed by atoms with Crippen molar-refractivity contribution in [1.82, 2.24) is 0 Å². The van der Waals surface area contributed by atoms with E-state index in [1.807, 2.05) is 0 Å². The Kier molecular flexibility index (Phi) is 9.56. The molecule has 1 rings (SSSR count). The topological polar surface area (TPSA) is 52.3 Å². The summed E-state index contributed by atoms with van der Waals surface area (Å²) in [4.78, 5) is 10.6. The average molecular weight is 340 g/mol. The van der Waals surface area contributed by atoms with Crippen molar-refractivity contribution in [3.05, 3.63) is 35.4 Å². The van der Waals surface area contributed by atoms with E-state index in [9.17, 15) is 18.0 Å². The molecule has 1 radical (unpaired) electrons. The summed E-state index contributed by atoms with van der Waals surface area (Å²) in [7, 11) is 0. The second-order valence-electron chi connectivity index (χ2n) is 2.47. The first kappa shape index (κ1) is 18.9. The fourth-order valence-electron chi connectivity index (χ4n) is 0.945. The van der Waals surface area contributed by atoms with Crippen molar-refractivity contribution < 1.29 is 38.9 Å². The molecular formula is C8H6Cl2CuF3NO2. The van der Waals surface area contributed by atoms with Gasteiger partial charge in [-0.25, -0.2) is 0 Å². The Bertz CT molecular complexity index is 363. The summed E-state index contributed by atoms with van der Waals surface area (Å²) in [5, 5.41) is 0. The van der Waals surface area contributed by atoms with E-state index in [1.54, 1.807) is 0 Å². The fourth-order valence-corrected chi connectivity index (χ4v) is 0.945. The predicted molar refractivity (Wildman–Crippen MR) is 52.8 cm³/mol. The zero-order chi connectivity index (χ0) is 12.8. The van der Waals surface area contributed by atoms with Crippen LogP contribution in [0.25, 0.3) is 0 Å². The number of alkyl halides is 3. The van der Waals surface area contributed by atoms with Gasteiger partial charge in [-0.1, -0.05) is 12.1 Å². The first-order chi connectivity index (χ1) is 7.34. The van der Waals surface area contributed by atoms with E-state index in [4.69, 9.17) is 5.73 Å². The quantitative estimate of drug-likeness (QED) is 0.799. The smallest absolute Gasteiger partial charge is 0.366 e. The number of benzene rings is 1. The second-order valence-corrected chi connectivity index (χ2v) is 2.93. The van der Waals surface area contributed by atoms with Crippen LogP contribution in [0.3, 0.4) is 0 Å². The van der Waals surface area contributed by atoms with Gasteiger partial charge >= 0.3 is 6.18 Å². The average Bonchev–Trinajstić information content (AvgIpc) is 2.17. The molecular weight excluding hydrogens is 334 g/mol.